The van der Waals surface area contributed by atoms with Crippen LogP contribution in [0.3, 0.4) is 0 Å². The van der Waals surface area contributed by atoms with Gasteiger partial charge < -0.3 is 0 Å². The van der Waals surface area contributed by atoms with Crippen LogP contribution in [0.5, 0.6) is 0 Å². The molecule has 0 radical (unpaired) electrons. The van der Waals surface area contributed by atoms with Crippen LogP contribution in [0.2, 0.25) is 0 Å². The molecule has 0 atom stereocenters. The quantitative estimate of drug-likeness (QED) is 0.584. The van der Waals surface area contributed by atoms with Gasteiger partial charge in [0.05, 0.1) is 9.79 Å². The van der Waals surface area contributed by atoms with Crippen molar-refractivity contribution < 1.29 is 8.42 Å². The number of sulfone groups is 1. The summed E-state index contributed by atoms with van der Waals surface area (Å²) in [7, 11) is -3.45. The third-order valence-electron chi connectivity index (χ3n) is 6.05. The summed E-state index contributed by atoms with van der Waals surface area (Å²) in [5.74, 6) is 0. The fourth-order valence-corrected chi connectivity index (χ4v) is 6.30. The summed E-state index contributed by atoms with van der Waals surface area (Å²) in [4.78, 5) is 1.06. The number of benzene rings is 2. The van der Waals surface area contributed by atoms with Crippen LogP contribution in [-0.4, -0.2) is 8.42 Å². The highest BCUT2D eigenvalue weighted by Gasteiger charge is 2.40. The van der Waals surface area contributed by atoms with E-state index in [0.29, 0.717) is 9.79 Å². The molecular formula is C20H24O2S. The van der Waals surface area contributed by atoms with E-state index in [-0.39, 0.29) is 0 Å². The Kier molecular flexibility index (Phi) is 3.32. The molecular weight excluding hydrogens is 304 g/mol. The lowest BCUT2D eigenvalue weighted by Gasteiger charge is -2.17. The second-order valence-corrected chi connectivity index (χ2v) is 8.74. The monoisotopic (exact) mass is 328 g/mol. The van der Waals surface area contributed by atoms with Gasteiger partial charge in [0.15, 0.2) is 0 Å². The SMILES string of the molecule is Cc1c(C)c(C)c2c(c1C)-c1c(C)c(C)c(C)c(C)c1S2(=O)=O. The van der Waals surface area contributed by atoms with Crippen LogP contribution in [0, 0.1) is 55.4 Å². The van der Waals surface area contributed by atoms with Crippen molar-refractivity contribution in [3.8, 4) is 11.1 Å². The molecule has 0 unspecified atom stereocenters. The minimum absolute atomic E-state index is 0.532. The van der Waals surface area contributed by atoms with Crippen molar-refractivity contribution in [1.82, 2.24) is 0 Å². The number of hydrogen-bond acceptors (Lipinski definition) is 2. The molecule has 0 bridgehead atoms. The molecule has 3 heteroatoms. The zero-order chi connectivity index (χ0) is 17.4. The standard InChI is InChI=1S/C20H24O2S/c1-9-11(3)15(7)19-17(13(9)5)18-14(6)10(2)12(4)16(8)20(18)23(19,21)22/h1-8H3. The highest BCUT2D eigenvalue weighted by atomic mass is 32.2. The molecule has 2 aromatic carbocycles. The van der Waals surface area contributed by atoms with Gasteiger partial charge in [-0.05, 0) is 99.9 Å². The van der Waals surface area contributed by atoms with Gasteiger partial charge in [-0.1, -0.05) is 0 Å². The fraction of sp³-hybridized carbons (Fsp3) is 0.400. The first-order chi connectivity index (χ1) is 10.5. The molecule has 0 aromatic heterocycles. The summed E-state index contributed by atoms with van der Waals surface area (Å²) in [6.45, 7) is 16.2. The molecule has 3 rings (SSSR count). The van der Waals surface area contributed by atoms with Gasteiger partial charge in [0.1, 0.15) is 0 Å². The van der Waals surface area contributed by atoms with Crippen LogP contribution >= 0.6 is 0 Å². The maximum absolute atomic E-state index is 13.3. The Labute approximate surface area is 139 Å². The second kappa shape index (κ2) is 4.70. The average Bonchev–Trinajstić information content (AvgIpc) is 2.74. The summed E-state index contributed by atoms with van der Waals surface area (Å²) in [5.41, 5.74) is 10.4. The Hall–Kier alpha value is -1.61. The third-order valence-corrected chi connectivity index (χ3v) is 8.14. The van der Waals surface area contributed by atoms with Gasteiger partial charge in [0.25, 0.3) is 0 Å². The van der Waals surface area contributed by atoms with E-state index in [2.05, 4.69) is 27.7 Å². The first kappa shape index (κ1) is 16.3. The second-order valence-electron chi connectivity index (χ2n) is 6.91. The van der Waals surface area contributed by atoms with Gasteiger partial charge in [0, 0.05) is 11.1 Å². The molecule has 1 aliphatic rings. The lowest BCUT2D eigenvalue weighted by molar-refractivity contribution is 0.597. The minimum atomic E-state index is -3.45. The Morgan fingerprint density at radius 2 is 0.696 bits per heavy atom. The van der Waals surface area contributed by atoms with Gasteiger partial charge in [-0.25, -0.2) is 8.42 Å². The molecule has 23 heavy (non-hydrogen) atoms. The summed E-state index contributed by atoms with van der Waals surface area (Å²) < 4.78 is 26.7. The lowest BCUT2D eigenvalue weighted by Crippen LogP contribution is -2.05. The van der Waals surface area contributed by atoms with E-state index >= 15 is 0 Å². The van der Waals surface area contributed by atoms with Gasteiger partial charge >= 0.3 is 0 Å². The average molecular weight is 328 g/mol. The topological polar surface area (TPSA) is 34.1 Å². The van der Waals surface area contributed by atoms with Crippen LogP contribution < -0.4 is 0 Å². The maximum Gasteiger partial charge on any atom is 0.208 e. The predicted molar refractivity (Wildman–Crippen MR) is 95.2 cm³/mol. The highest BCUT2D eigenvalue weighted by Crippen LogP contribution is 2.52. The molecule has 1 heterocycles. The predicted octanol–water partition coefficient (Wildman–Crippen LogP) is 4.97. The van der Waals surface area contributed by atoms with Crippen molar-refractivity contribution in [1.29, 1.82) is 0 Å². The molecule has 0 amide bonds. The fourth-order valence-electron chi connectivity index (χ4n) is 3.93. The molecule has 2 nitrogen and oxygen atoms in total. The summed E-state index contributed by atoms with van der Waals surface area (Å²) in [5, 5.41) is 0. The molecule has 0 saturated carbocycles. The molecule has 0 saturated heterocycles. The Bertz CT molecular complexity index is 918. The molecule has 0 aliphatic carbocycles. The summed E-state index contributed by atoms with van der Waals surface area (Å²) in [6, 6.07) is 0. The Balaban J connectivity index is 2.70. The molecule has 122 valence electrons. The lowest BCUT2D eigenvalue weighted by atomic mass is 9.86. The zero-order valence-corrected chi connectivity index (χ0v) is 16.0. The van der Waals surface area contributed by atoms with Crippen LogP contribution in [0.15, 0.2) is 9.79 Å². The molecule has 2 aromatic rings. The van der Waals surface area contributed by atoms with Gasteiger partial charge in [-0.2, -0.15) is 0 Å². The zero-order valence-electron chi connectivity index (χ0n) is 15.2. The van der Waals surface area contributed by atoms with Crippen molar-refractivity contribution >= 4 is 9.84 Å². The van der Waals surface area contributed by atoms with E-state index in [1.54, 1.807) is 0 Å². The number of fused-ring (bicyclic) bond motifs is 3. The summed E-state index contributed by atoms with van der Waals surface area (Å²) in [6.07, 6.45) is 0. The highest BCUT2D eigenvalue weighted by molar-refractivity contribution is 7.92. The van der Waals surface area contributed by atoms with E-state index in [9.17, 15) is 8.42 Å². The van der Waals surface area contributed by atoms with E-state index < -0.39 is 9.84 Å². The first-order valence-electron chi connectivity index (χ1n) is 7.99. The molecule has 0 spiro atoms. The van der Waals surface area contributed by atoms with E-state index in [4.69, 9.17) is 0 Å². The van der Waals surface area contributed by atoms with Crippen LogP contribution in [0.4, 0.5) is 0 Å². The van der Waals surface area contributed by atoms with Crippen molar-refractivity contribution in [2.75, 3.05) is 0 Å². The molecule has 0 fully saturated rings. The van der Waals surface area contributed by atoms with Crippen molar-refractivity contribution in [2.45, 2.75) is 65.2 Å². The van der Waals surface area contributed by atoms with Crippen molar-refractivity contribution in [3.63, 3.8) is 0 Å². The van der Waals surface area contributed by atoms with E-state index in [0.717, 1.165) is 44.5 Å². The van der Waals surface area contributed by atoms with Gasteiger partial charge in [-0.15, -0.1) is 0 Å². The van der Waals surface area contributed by atoms with Gasteiger partial charge in [-0.3, -0.25) is 0 Å². The minimum Gasteiger partial charge on any atom is -0.218 e. The van der Waals surface area contributed by atoms with Crippen molar-refractivity contribution in [3.05, 3.63) is 44.5 Å². The Morgan fingerprint density at radius 3 is 1.00 bits per heavy atom. The van der Waals surface area contributed by atoms with Crippen molar-refractivity contribution in [2.24, 2.45) is 0 Å². The molecule has 1 aliphatic heterocycles. The Morgan fingerprint density at radius 1 is 0.435 bits per heavy atom. The third kappa shape index (κ3) is 1.77. The van der Waals surface area contributed by atoms with Crippen LogP contribution in [0.1, 0.15) is 44.5 Å². The number of hydrogen-bond donors (Lipinski definition) is 0. The van der Waals surface area contributed by atoms with E-state index in [1.165, 1.54) is 11.1 Å². The first-order valence-corrected chi connectivity index (χ1v) is 9.47. The summed E-state index contributed by atoms with van der Waals surface area (Å²) >= 11 is 0. The normalized spacial score (nSPS) is 14.8. The van der Waals surface area contributed by atoms with Gasteiger partial charge in [0.2, 0.25) is 9.84 Å². The van der Waals surface area contributed by atoms with Crippen LogP contribution in [0.25, 0.3) is 11.1 Å². The van der Waals surface area contributed by atoms with E-state index in [1.807, 2.05) is 27.7 Å². The van der Waals surface area contributed by atoms with Crippen LogP contribution in [-0.2, 0) is 9.84 Å². The largest absolute Gasteiger partial charge is 0.218 e. The molecule has 0 N–H and O–H groups in total. The number of rotatable bonds is 0. The smallest absolute Gasteiger partial charge is 0.208 e. The maximum atomic E-state index is 13.3.